The summed E-state index contributed by atoms with van der Waals surface area (Å²) < 4.78 is 4.83. The molecule has 3 heterocycles. The fraction of sp³-hybridized carbons (Fsp3) is 0. The van der Waals surface area contributed by atoms with Crippen LogP contribution in [0.3, 0.4) is 0 Å². The van der Waals surface area contributed by atoms with Gasteiger partial charge in [-0.25, -0.2) is 0 Å². The molecule has 0 radical (unpaired) electrons. The summed E-state index contributed by atoms with van der Waals surface area (Å²) in [5.41, 5.74) is 7.21. The van der Waals surface area contributed by atoms with Crippen molar-refractivity contribution in [3.8, 4) is 11.4 Å². The van der Waals surface area contributed by atoms with Crippen molar-refractivity contribution in [3.05, 3.63) is 128 Å². The average Bonchev–Trinajstić information content (AvgIpc) is 3.46. The van der Waals surface area contributed by atoms with Gasteiger partial charge in [0.25, 0.3) is 0 Å². The van der Waals surface area contributed by atoms with Gasteiger partial charge in [-0.05, 0) is 53.9 Å². The molecule has 0 bridgehead atoms. The van der Waals surface area contributed by atoms with Crippen molar-refractivity contribution in [1.29, 1.82) is 0 Å². The quantitative estimate of drug-likeness (QED) is 0.254. The van der Waals surface area contributed by atoms with Gasteiger partial charge in [0.15, 0.2) is 0 Å². The highest BCUT2D eigenvalue weighted by Crippen LogP contribution is 2.42. The summed E-state index contributed by atoms with van der Waals surface area (Å²) in [6, 6.07) is 41.5. The number of rotatable bonds is 2. The molecule has 0 saturated carbocycles. The molecule has 168 valence electrons. The Labute approximate surface area is 207 Å². The van der Waals surface area contributed by atoms with Gasteiger partial charge in [0.2, 0.25) is 0 Å². The van der Waals surface area contributed by atoms with Gasteiger partial charge in [0, 0.05) is 50.7 Å². The second-order valence-corrected chi connectivity index (χ2v) is 9.30. The van der Waals surface area contributed by atoms with Crippen LogP contribution in [0.15, 0.2) is 128 Å². The summed E-state index contributed by atoms with van der Waals surface area (Å²) in [7, 11) is 0. The molecule has 0 aliphatic rings. The first-order chi connectivity index (χ1) is 17.9. The first-order valence-corrected chi connectivity index (χ1v) is 12.2. The van der Waals surface area contributed by atoms with Crippen LogP contribution in [0.2, 0.25) is 0 Å². The van der Waals surface area contributed by atoms with Gasteiger partial charge in [-0.15, -0.1) is 0 Å². The lowest BCUT2D eigenvalue weighted by Crippen LogP contribution is -1.95. The lowest BCUT2D eigenvalue weighted by molar-refractivity contribution is 1.17. The van der Waals surface area contributed by atoms with Gasteiger partial charge in [-0.1, -0.05) is 66.7 Å². The van der Waals surface area contributed by atoms with Crippen molar-refractivity contribution in [3.63, 3.8) is 0 Å². The fourth-order valence-corrected chi connectivity index (χ4v) is 5.84. The maximum atomic E-state index is 4.30. The van der Waals surface area contributed by atoms with Crippen molar-refractivity contribution >= 4 is 54.4 Å². The standard InChI is InChI=1S/C33H21N3/c1-2-8-24(9-3-1)35-30-13-7-5-11-28(30)32-31(35)17-16-27-26-10-4-6-12-29(26)36(33(27)32)25-15-14-23-21-34-19-18-22(23)20-25/h1-21H. The Morgan fingerprint density at radius 1 is 0.472 bits per heavy atom. The second kappa shape index (κ2) is 7.30. The third-order valence-electron chi connectivity index (χ3n) is 7.37. The summed E-state index contributed by atoms with van der Waals surface area (Å²) in [6.45, 7) is 0. The molecule has 0 N–H and O–H groups in total. The van der Waals surface area contributed by atoms with E-state index in [1.54, 1.807) is 0 Å². The molecule has 0 saturated heterocycles. The molecule has 0 aliphatic heterocycles. The average molecular weight is 460 g/mol. The molecule has 0 amide bonds. The lowest BCUT2D eigenvalue weighted by Gasteiger charge is -2.11. The van der Waals surface area contributed by atoms with Gasteiger partial charge < -0.3 is 9.13 Å². The highest BCUT2D eigenvalue weighted by atomic mass is 15.0. The van der Waals surface area contributed by atoms with Crippen LogP contribution in [-0.4, -0.2) is 14.1 Å². The Morgan fingerprint density at radius 2 is 1.22 bits per heavy atom. The smallest absolute Gasteiger partial charge is 0.0641 e. The minimum Gasteiger partial charge on any atom is -0.309 e. The Hall–Kier alpha value is -4.89. The summed E-state index contributed by atoms with van der Waals surface area (Å²) in [5.74, 6) is 0. The van der Waals surface area contributed by atoms with Crippen LogP contribution in [0.4, 0.5) is 0 Å². The number of hydrogen-bond donors (Lipinski definition) is 0. The van der Waals surface area contributed by atoms with Crippen LogP contribution >= 0.6 is 0 Å². The molecule has 8 aromatic rings. The molecule has 0 unspecified atom stereocenters. The Kier molecular flexibility index (Phi) is 3.94. The molecular weight excluding hydrogens is 438 g/mol. The third-order valence-corrected chi connectivity index (χ3v) is 7.37. The van der Waals surface area contributed by atoms with Crippen molar-refractivity contribution in [2.24, 2.45) is 0 Å². The largest absolute Gasteiger partial charge is 0.309 e. The predicted octanol–water partition coefficient (Wildman–Crippen LogP) is 8.43. The highest BCUT2D eigenvalue weighted by molar-refractivity contribution is 6.26. The molecule has 3 heteroatoms. The molecule has 0 spiro atoms. The molecule has 0 aliphatic carbocycles. The fourth-order valence-electron chi connectivity index (χ4n) is 5.84. The van der Waals surface area contributed by atoms with Gasteiger partial charge in [-0.3, -0.25) is 4.98 Å². The molecule has 36 heavy (non-hydrogen) atoms. The molecule has 0 fully saturated rings. The van der Waals surface area contributed by atoms with E-state index in [0.717, 1.165) is 11.1 Å². The molecule has 5 aromatic carbocycles. The summed E-state index contributed by atoms with van der Waals surface area (Å²) in [6.07, 6.45) is 3.79. The number of aromatic nitrogens is 3. The highest BCUT2D eigenvalue weighted by Gasteiger charge is 2.20. The maximum absolute atomic E-state index is 4.30. The van der Waals surface area contributed by atoms with Gasteiger partial charge in [-0.2, -0.15) is 0 Å². The van der Waals surface area contributed by atoms with Crippen molar-refractivity contribution in [2.45, 2.75) is 0 Å². The van der Waals surface area contributed by atoms with Crippen LogP contribution < -0.4 is 0 Å². The van der Waals surface area contributed by atoms with Gasteiger partial charge in [0.05, 0.1) is 22.1 Å². The van der Waals surface area contributed by atoms with Crippen LogP contribution in [0.25, 0.3) is 65.8 Å². The molecular formula is C33H21N3. The van der Waals surface area contributed by atoms with Crippen LogP contribution in [-0.2, 0) is 0 Å². The normalized spacial score (nSPS) is 11.9. The number of benzene rings is 5. The Morgan fingerprint density at radius 3 is 2.08 bits per heavy atom. The minimum atomic E-state index is 1.15. The van der Waals surface area contributed by atoms with Crippen molar-refractivity contribution in [1.82, 2.24) is 14.1 Å². The van der Waals surface area contributed by atoms with E-state index in [9.17, 15) is 0 Å². The maximum Gasteiger partial charge on any atom is 0.0641 e. The monoisotopic (exact) mass is 459 g/mol. The van der Waals surface area contributed by atoms with Gasteiger partial charge in [0.1, 0.15) is 0 Å². The Bertz CT molecular complexity index is 2100. The van der Waals surface area contributed by atoms with E-state index in [-0.39, 0.29) is 0 Å². The van der Waals surface area contributed by atoms with Gasteiger partial charge >= 0.3 is 0 Å². The molecule has 3 nitrogen and oxygen atoms in total. The zero-order chi connectivity index (χ0) is 23.6. The summed E-state index contributed by atoms with van der Waals surface area (Å²) >= 11 is 0. The van der Waals surface area contributed by atoms with E-state index in [1.807, 2.05) is 12.4 Å². The topological polar surface area (TPSA) is 22.8 Å². The lowest BCUT2D eigenvalue weighted by atomic mass is 10.1. The van der Waals surface area contributed by atoms with E-state index >= 15 is 0 Å². The minimum absolute atomic E-state index is 1.15. The van der Waals surface area contributed by atoms with E-state index in [4.69, 9.17) is 0 Å². The third kappa shape index (κ3) is 2.60. The van der Waals surface area contributed by atoms with E-state index in [1.165, 1.54) is 54.7 Å². The van der Waals surface area contributed by atoms with Crippen molar-refractivity contribution < 1.29 is 0 Å². The van der Waals surface area contributed by atoms with Crippen molar-refractivity contribution in [2.75, 3.05) is 0 Å². The number of hydrogen-bond acceptors (Lipinski definition) is 1. The molecule has 0 atom stereocenters. The number of pyridine rings is 1. The number of fused-ring (bicyclic) bond motifs is 8. The predicted molar refractivity (Wildman–Crippen MR) is 150 cm³/mol. The zero-order valence-electron chi connectivity index (χ0n) is 19.5. The second-order valence-electron chi connectivity index (χ2n) is 9.30. The van der Waals surface area contributed by atoms with Crippen LogP contribution in [0.1, 0.15) is 0 Å². The number of nitrogens with zero attached hydrogens (tertiary/aromatic N) is 3. The van der Waals surface area contributed by atoms with E-state index < -0.39 is 0 Å². The summed E-state index contributed by atoms with van der Waals surface area (Å²) in [4.78, 5) is 4.30. The first kappa shape index (κ1) is 19.4. The van der Waals surface area contributed by atoms with E-state index in [2.05, 4.69) is 129 Å². The molecule has 8 rings (SSSR count). The number of para-hydroxylation sites is 3. The first-order valence-electron chi connectivity index (χ1n) is 12.2. The Balaban J connectivity index is 1.61. The molecule has 3 aromatic heterocycles. The SMILES string of the molecule is c1ccc(-n2c3ccccc3c3c2ccc2c4ccccc4n(-c4ccc5cnccc5c4)c23)cc1. The van der Waals surface area contributed by atoms with Crippen LogP contribution in [0.5, 0.6) is 0 Å². The van der Waals surface area contributed by atoms with E-state index in [0.29, 0.717) is 0 Å². The summed E-state index contributed by atoms with van der Waals surface area (Å²) in [5, 5.41) is 7.40. The zero-order valence-corrected chi connectivity index (χ0v) is 19.5. The van der Waals surface area contributed by atoms with Crippen LogP contribution in [0, 0.1) is 0 Å².